The number of aryl methyl sites for hydroxylation is 1. The molecule has 2 aromatic carbocycles. The van der Waals surface area contributed by atoms with Gasteiger partial charge in [-0.1, -0.05) is 36.4 Å². The Labute approximate surface area is 120 Å². The van der Waals surface area contributed by atoms with Crippen molar-refractivity contribution in [2.24, 2.45) is 0 Å². The fraction of sp³-hybridized carbons (Fsp3) is 0.294. The highest BCUT2D eigenvalue weighted by Crippen LogP contribution is 2.13. The van der Waals surface area contributed by atoms with Crippen LogP contribution in [0, 0.1) is 12.7 Å². The molecule has 2 aromatic rings. The van der Waals surface area contributed by atoms with Crippen LogP contribution in [0.15, 0.2) is 48.5 Å². The SMILES string of the molecule is Cc1ccccc1NCCN(C)Cc1ccccc1F. The first kappa shape index (κ1) is 14.5. The number of halogens is 1. The van der Waals surface area contributed by atoms with Crippen LogP contribution < -0.4 is 5.32 Å². The van der Waals surface area contributed by atoms with Crippen molar-refractivity contribution in [3.05, 3.63) is 65.5 Å². The largest absolute Gasteiger partial charge is 0.384 e. The second-order valence-electron chi connectivity index (χ2n) is 5.07. The van der Waals surface area contributed by atoms with Crippen molar-refractivity contribution >= 4 is 5.69 Å². The molecule has 0 bridgehead atoms. The standard InChI is InChI=1S/C17H21FN2/c1-14-7-3-6-10-17(14)19-11-12-20(2)13-15-8-4-5-9-16(15)18/h3-10,19H,11-13H2,1-2H3. The molecular formula is C17H21FN2. The Morgan fingerprint density at radius 3 is 2.50 bits per heavy atom. The van der Waals surface area contributed by atoms with Gasteiger partial charge in [-0.25, -0.2) is 4.39 Å². The van der Waals surface area contributed by atoms with Crippen LogP contribution in [-0.2, 0) is 6.54 Å². The molecule has 0 spiro atoms. The highest BCUT2D eigenvalue weighted by molar-refractivity contribution is 5.50. The van der Waals surface area contributed by atoms with Crippen LogP contribution in [0.1, 0.15) is 11.1 Å². The Morgan fingerprint density at radius 2 is 1.75 bits per heavy atom. The molecule has 0 aliphatic carbocycles. The summed E-state index contributed by atoms with van der Waals surface area (Å²) in [6.07, 6.45) is 0. The maximum absolute atomic E-state index is 13.5. The average Bonchev–Trinajstić information content (AvgIpc) is 2.43. The van der Waals surface area contributed by atoms with E-state index in [9.17, 15) is 4.39 Å². The molecule has 20 heavy (non-hydrogen) atoms. The van der Waals surface area contributed by atoms with E-state index in [0.29, 0.717) is 6.54 Å². The van der Waals surface area contributed by atoms with Gasteiger partial charge in [0, 0.05) is 30.9 Å². The van der Waals surface area contributed by atoms with Gasteiger partial charge in [0.25, 0.3) is 0 Å². The predicted octanol–water partition coefficient (Wildman–Crippen LogP) is 3.68. The van der Waals surface area contributed by atoms with Crippen molar-refractivity contribution in [2.45, 2.75) is 13.5 Å². The molecule has 3 heteroatoms. The molecule has 106 valence electrons. The summed E-state index contributed by atoms with van der Waals surface area (Å²) in [5, 5.41) is 3.41. The molecular weight excluding hydrogens is 251 g/mol. The van der Waals surface area contributed by atoms with Crippen molar-refractivity contribution in [3.8, 4) is 0 Å². The first-order chi connectivity index (χ1) is 9.66. The second-order valence-corrected chi connectivity index (χ2v) is 5.07. The maximum atomic E-state index is 13.5. The Hall–Kier alpha value is -1.87. The zero-order chi connectivity index (χ0) is 14.4. The number of nitrogens with one attached hydrogen (secondary N) is 1. The highest BCUT2D eigenvalue weighted by Gasteiger charge is 2.04. The molecule has 0 aliphatic heterocycles. The molecule has 0 unspecified atom stereocenters. The number of likely N-dealkylation sites (N-methyl/N-ethyl adjacent to an activating group) is 1. The first-order valence-electron chi connectivity index (χ1n) is 6.88. The number of para-hydroxylation sites is 1. The third kappa shape index (κ3) is 4.07. The monoisotopic (exact) mass is 272 g/mol. The predicted molar refractivity (Wildman–Crippen MR) is 82.4 cm³/mol. The van der Waals surface area contributed by atoms with Crippen LogP contribution in [0.2, 0.25) is 0 Å². The minimum absolute atomic E-state index is 0.133. The summed E-state index contributed by atoms with van der Waals surface area (Å²) in [7, 11) is 2.01. The highest BCUT2D eigenvalue weighted by atomic mass is 19.1. The van der Waals surface area contributed by atoms with E-state index < -0.39 is 0 Å². The van der Waals surface area contributed by atoms with E-state index >= 15 is 0 Å². The summed E-state index contributed by atoms with van der Waals surface area (Å²) in [6.45, 7) is 4.42. The van der Waals surface area contributed by atoms with Crippen LogP contribution in [0.4, 0.5) is 10.1 Å². The summed E-state index contributed by atoms with van der Waals surface area (Å²) in [6, 6.07) is 15.2. The van der Waals surface area contributed by atoms with Crippen LogP contribution in [0.5, 0.6) is 0 Å². The van der Waals surface area contributed by atoms with E-state index in [4.69, 9.17) is 0 Å². The van der Waals surface area contributed by atoms with Gasteiger partial charge < -0.3 is 10.2 Å². The summed E-state index contributed by atoms with van der Waals surface area (Å²) >= 11 is 0. The number of nitrogens with zero attached hydrogens (tertiary/aromatic N) is 1. The zero-order valence-corrected chi connectivity index (χ0v) is 12.1. The molecule has 1 N–H and O–H groups in total. The van der Waals surface area contributed by atoms with Crippen molar-refractivity contribution in [1.29, 1.82) is 0 Å². The Morgan fingerprint density at radius 1 is 1.05 bits per heavy atom. The molecule has 0 radical (unpaired) electrons. The topological polar surface area (TPSA) is 15.3 Å². The molecule has 0 aromatic heterocycles. The van der Waals surface area contributed by atoms with E-state index in [0.717, 1.165) is 24.3 Å². The number of anilines is 1. The molecule has 2 rings (SSSR count). The van der Waals surface area contributed by atoms with E-state index in [1.807, 2.05) is 31.3 Å². The van der Waals surface area contributed by atoms with Crippen LogP contribution in [0.25, 0.3) is 0 Å². The Kier molecular flexibility index (Phi) is 5.13. The average molecular weight is 272 g/mol. The van der Waals surface area contributed by atoms with Crippen molar-refractivity contribution in [2.75, 3.05) is 25.5 Å². The second kappa shape index (κ2) is 7.06. The van der Waals surface area contributed by atoms with Gasteiger partial charge in [0.2, 0.25) is 0 Å². The molecule has 2 nitrogen and oxygen atoms in total. The molecule has 0 fully saturated rings. The van der Waals surface area contributed by atoms with E-state index in [-0.39, 0.29) is 5.82 Å². The van der Waals surface area contributed by atoms with Gasteiger partial charge in [0.1, 0.15) is 5.82 Å². The lowest BCUT2D eigenvalue weighted by molar-refractivity contribution is 0.334. The lowest BCUT2D eigenvalue weighted by atomic mass is 10.2. The van der Waals surface area contributed by atoms with Gasteiger partial charge in [0.15, 0.2) is 0 Å². The van der Waals surface area contributed by atoms with Gasteiger partial charge in [-0.15, -0.1) is 0 Å². The fourth-order valence-corrected chi connectivity index (χ4v) is 2.15. The van der Waals surface area contributed by atoms with Crippen LogP contribution in [-0.4, -0.2) is 25.0 Å². The van der Waals surface area contributed by atoms with Gasteiger partial charge in [-0.05, 0) is 31.7 Å². The molecule has 0 amide bonds. The van der Waals surface area contributed by atoms with Crippen molar-refractivity contribution < 1.29 is 4.39 Å². The number of benzene rings is 2. The fourth-order valence-electron chi connectivity index (χ4n) is 2.15. The Bertz CT molecular complexity index is 554. The summed E-state index contributed by atoms with van der Waals surface area (Å²) in [5.41, 5.74) is 3.14. The van der Waals surface area contributed by atoms with Gasteiger partial charge in [-0.2, -0.15) is 0 Å². The normalized spacial score (nSPS) is 10.8. The van der Waals surface area contributed by atoms with Gasteiger partial charge in [0.05, 0.1) is 0 Å². The third-order valence-electron chi connectivity index (χ3n) is 3.35. The zero-order valence-electron chi connectivity index (χ0n) is 12.1. The van der Waals surface area contributed by atoms with E-state index in [1.54, 1.807) is 6.07 Å². The minimum atomic E-state index is -0.133. The van der Waals surface area contributed by atoms with Crippen LogP contribution >= 0.6 is 0 Å². The van der Waals surface area contributed by atoms with Crippen molar-refractivity contribution in [1.82, 2.24) is 4.90 Å². The molecule has 0 heterocycles. The molecule has 0 atom stereocenters. The lowest BCUT2D eigenvalue weighted by Crippen LogP contribution is -2.25. The summed E-state index contributed by atoms with van der Waals surface area (Å²) in [4.78, 5) is 2.11. The maximum Gasteiger partial charge on any atom is 0.127 e. The lowest BCUT2D eigenvalue weighted by Gasteiger charge is -2.18. The molecule has 0 aliphatic rings. The van der Waals surface area contributed by atoms with Gasteiger partial charge in [-0.3, -0.25) is 0 Å². The number of hydrogen-bond acceptors (Lipinski definition) is 2. The minimum Gasteiger partial charge on any atom is -0.384 e. The number of hydrogen-bond donors (Lipinski definition) is 1. The number of rotatable bonds is 6. The molecule has 0 saturated carbocycles. The smallest absolute Gasteiger partial charge is 0.127 e. The van der Waals surface area contributed by atoms with Crippen LogP contribution in [0.3, 0.4) is 0 Å². The van der Waals surface area contributed by atoms with E-state index in [1.165, 1.54) is 11.6 Å². The van der Waals surface area contributed by atoms with E-state index in [2.05, 4.69) is 29.3 Å². The van der Waals surface area contributed by atoms with Gasteiger partial charge >= 0.3 is 0 Å². The summed E-state index contributed by atoms with van der Waals surface area (Å²) < 4.78 is 13.5. The summed E-state index contributed by atoms with van der Waals surface area (Å²) in [5.74, 6) is -0.133. The quantitative estimate of drug-likeness (QED) is 0.863. The molecule has 0 saturated heterocycles. The van der Waals surface area contributed by atoms with Crippen molar-refractivity contribution in [3.63, 3.8) is 0 Å². The first-order valence-corrected chi connectivity index (χ1v) is 6.88. The Balaban J connectivity index is 1.80. The third-order valence-corrected chi connectivity index (χ3v) is 3.35.